The maximum atomic E-state index is 11.4. The maximum absolute atomic E-state index is 11.4. The predicted molar refractivity (Wildman–Crippen MR) is 82.5 cm³/mol. The molecule has 2 rings (SSSR count). The number of amidine groups is 1. The zero-order valence-electron chi connectivity index (χ0n) is 12.0. The highest BCUT2D eigenvalue weighted by atomic mass is 32.2. The molecule has 0 aromatic heterocycles. The molecule has 0 bridgehead atoms. The fourth-order valence-corrected chi connectivity index (χ4v) is 5.79. The molecule has 110 valence electrons. The van der Waals surface area contributed by atoms with Gasteiger partial charge in [-0.2, -0.15) is 0 Å². The number of rotatable bonds is 3. The number of hydrogen-bond acceptors (Lipinski definition) is 5. The lowest BCUT2D eigenvalue weighted by molar-refractivity contribution is 0.375. The van der Waals surface area contributed by atoms with Crippen LogP contribution in [0.25, 0.3) is 0 Å². The molecular weight excluding hydrogens is 280 g/mol. The average Bonchev–Trinajstić information content (AvgIpc) is 2.80. The first-order valence-corrected chi connectivity index (χ1v) is 9.59. The largest absolute Gasteiger partial charge is 0.365 e. The number of nitrogens with zero attached hydrogens (tertiary/aromatic N) is 1. The summed E-state index contributed by atoms with van der Waals surface area (Å²) in [4.78, 5) is 4.52. The Kier molecular flexibility index (Phi) is 4.50. The first-order chi connectivity index (χ1) is 8.73. The molecule has 2 aliphatic heterocycles. The molecule has 1 N–H and O–H groups in total. The molecule has 0 amide bonds. The van der Waals surface area contributed by atoms with Crippen molar-refractivity contribution in [3.63, 3.8) is 0 Å². The second-order valence-electron chi connectivity index (χ2n) is 6.80. The Labute approximate surface area is 120 Å². The highest BCUT2D eigenvalue weighted by Crippen LogP contribution is 2.31. The highest BCUT2D eigenvalue weighted by molar-refractivity contribution is 8.14. The van der Waals surface area contributed by atoms with Crippen LogP contribution in [0.1, 0.15) is 33.6 Å². The van der Waals surface area contributed by atoms with Crippen LogP contribution < -0.4 is 5.32 Å². The summed E-state index contributed by atoms with van der Waals surface area (Å²) in [6.45, 7) is 8.38. The molecule has 0 saturated carbocycles. The van der Waals surface area contributed by atoms with Crippen molar-refractivity contribution in [3.8, 4) is 0 Å². The van der Waals surface area contributed by atoms with Crippen molar-refractivity contribution in [3.05, 3.63) is 0 Å². The molecule has 0 aromatic carbocycles. The minimum atomic E-state index is -2.76. The van der Waals surface area contributed by atoms with Crippen LogP contribution in [0.15, 0.2) is 4.99 Å². The molecule has 0 aromatic rings. The van der Waals surface area contributed by atoms with Crippen LogP contribution in [-0.4, -0.2) is 43.4 Å². The Bertz CT molecular complexity index is 452. The van der Waals surface area contributed by atoms with E-state index in [1.165, 1.54) is 0 Å². The van der Waals surface area contributed by atoms with E-state index in [2.05, 4.69) is 31.1 Å². The lowest BCUT2D eigenvalue weighted by Gasteiger charge is -2.21. The van der Waals surface area contributed by atoms with E-state index in [0.29, 0.717) is 22.2 Å². The lowest BCUT2D eigenvalue weighted by atomic mass is 9.90. The van der Waals surface area contributed by atoms with Gasteiger partial charge in [-0.15, -0.1) is 0 Å². The molecule has 0 aliphatic carbocycles. The summed E-state index contributed by atoms with van der Waals surface area (Å²) < 4.78 is 22.8. The molecule has 1 fully saturated rings. The number of thioether (sulfide) groups is 1. The van der Waals surface area contributed by atoms with E-state index in [-0.39, 0.29) is 5.92 Å². The van der Waals surface area contributed by atoms with Crippen molar-refractivity contribution in [1.29, 1.82) is 0 Å². The van der Waals surface area contributed by atoms with Crippen LogP contribution in [0, 0.1) is 11.3 Å². The van der Waals surface area contributed by atoms with Crippen LogP contribution in [0.4, 0.5) is 0 Å². The zero-order chi connectivity index (χ0) is 14.1. The minimum absolute atomic E-state index is 0.259. The van der Waals surface area contributed by atoms with Crippen molar-refractivity contribution < 1.29 is 8.42 Å². The van der Waals surface area contributed by atoms with E-state index in [1.807, 2.05) is 11.8 Å². The zero-order valence-corrected chi connectivity index (χ0v) is 13.6. The van der Waals surface area contributed by atoms with Crippen molar-refractivity contribution in [2.24, 2.45) is 16.3 Å². The molecule has 6 heteroatoms. The third-order valence-corrected chi connectivity index (χ3v) is 6.41. The molecular formula is C13H24N2O2S2. The van der Waals surface area contributed by atoms with E-state index >= 15 is 0 Å². The Morgan fingerprint density at radius 3 is 2.74 bits per heavy atom. The smallest absolute Gasteiger partial charge is 0.156 e. The van der Waals surface area contributed by atoms with E-state index in [9.17, 15) is 8.42 Å². The Morgan fingerprint density at radius 1 is 1.42 bits per heavy atom. The summed E-state index contributed by atoms with van der Waals surface area (Å²) in [5.41, 5.74) is 0.335. The third kappa shape index (κ3) is 4.99. The summed E-state index contributed by atoms with van der Waals surface area (Å²) in [6.07, 6.45) is 1.95. The normalized spacial score (nSPS) is 30.4. The molecule has 0 radical (unpaired) electrons. The van der Waals surface area contributed by atoms with Crippen LogP contribution in [0.3, 0.4) is 0 Å². The third-order valence-electron chi connectivity index (χ3n) is 3.43. The Hall–Kier alpha value is -0.230. The van der Waals surface area contributed by atoms with Crippen LogP contribution in [-0.2, 0) is 9.84 Å². The summed E-state index contributed by atoms with van der Waals surface area (Å²) in [7, 11) is -2.76. The van der Waals surface area contributed by atoms with Crippen molar-refractivity contribution in [1.82, 2.24) is 5.32 Å². The first-order valence-electron chi connectivity index (χ1n) is 6.89. The van der Waals surface area contributed by atoms with Gasteiger partial charge in [0.2, 0.25) is 0 Å². The monoisotopic (exact) mass is 304 g/mol. The molecule has 19 heavy (non-hydrogen) atoms. The van der Waals surface area contributed by atoms with Gasteiger partial charge in [-0.25, -0.2) is 8.42 Å². The first kappa shape index (κ1) is 15.2. The highest BCUT2D eigenvalue weighted by Gasteiger charge is 2.29. The van der Waals surface area contributed by atoms with Gasteiger partial charge in [0.15, 0.2) is 15.0 Å². The van der Waals surface area contributed by atoms with Gasteiger partial charge in [0.05, 0.1) is 18.1 Å². The second-order valence-corrected chi connectivity index (χ2v) is 10.3. The van der Waals surface area contributed by atoms with Gasteiger partial charge in [0.25, 0.3) is 0 Å². The molecule has 2 unspecified atom stereocenters. The summed E-state index contributed by atoms with van der Waals surface area (Å²) in [5, 5.41) is 4.89. The van der Waals surface area contributed by atoms with E-state index < -0.39 is 9.84 Å². The minimum Gasteiger partial charge on any atom is -0.365 e. The number of nitrogens with one attached hydrogen (secondary N) is 1. The average molecular weight is 304 g/mol. The molecule has 2 atom stereocenters. The van der Waals surface area contributed by atoms with Crippen LogP contribution >= 0.6 is 11.8 Å². The fourth-order valence-electron chi connectivity index (χ4n) is 2.57. The second kappa shape index (κ2) is 5.64. The summed E-state index contributed by atoms with van der Waals surface area (Å²) in [5.74, 6) is 0.949. The summed E-state index contributed by atoms with van der Waals surface area (Å²) in [6, 6.07) is 0. The standard InChI is InChI=1S/C13H24N2O2S2/c1-13(2,3)6-11-8-15-12(18-11)14-7-10-4-5-19(16,17)9-10/h10-11H,4-9H2,1-3H3,(H,14,15). The van der Waals surface area contributed by atoms with E-state index in [0.717, 1.165) is 31.1 Å². The fraction of sp³-hybridized carbons (Fsp3) is 0.923. The molecule has 1 saturated heterocycles. The number of aliphatic imine (C=N–C) groups is 1. The van der Waals surface area contributed by atoms with Gasteiger partial charge in [-0.1, -0.05) is 32.5 Å². The van der Waals surface area contributed by atoms with Gasteiger partial charge in [-0.3, -0.25) is 4.99 Å². The molecule has 4 nitrogen and oxygen atoms in total. The topological polar surface area (TPSA) is 58.5 Å². The SMILES string of the molecule is CC(C)(C)CC1CN=C(NCC2CCS(=O)(=O)C2)S1. The van der Waals surface area contributed by atoms with Gasteiger partial charge < -0.3 is 5.32 Å². The van der Waals surface area contributed by atoms with Crippen molar-refractivity contribution in [2.75, 3.05) is 24.6 Å². The van der Waals surface area contributed by atoms with E-state index in [4.69, 9.17) is 0 Å². The summed E-state index contributed by atoms with van der Waals surface area (Å²) >= 11 is 1.81. The van der Waals surface area contributed by atoms with Gasteiger partial charge in [-0.05, 0) is 24.2 Å². The van der Waals surface area contributed by atoms with E-state index in [1.54, 1.807) is 0 Å². The Morgan fingerprint density at radius 2 is 2.16 bits per heavy atom. The number of sulfone groups is 1. The molecule has 2 heterocycles. The quantitative estimate of drug-likeness (QED) is 0.865. The Balaban J connectivity index is 1.71. The van der Waals surface area contributed by atoms with Gasteiger partial charge in [0, 0.05) is 11.8 Å². The van der Waals surface area contributed by atoms with Crippen LogP contribution in [0.2, 0.25) is 0 Å². The van der Waals surface area contributed by atoms with Crippen molar-refractivity contribution >= 4 is 26.8 Å². The van der Waals surface area contributed by atoms with Crippen molar-refractivity contribution in [2.45, 2.75) is 38.9 Å². The molecule has 0 spiro atoms. The molecule has 2 aliphatic rings. The van der Waals surface area contributed by atoms with Gasteiger partial charge >= 0.3 is 0 Å². The maximum Gasteiger partial charge on any atom is 0.156 e. The lowest BCUT2D eigenvalue weighted by Crippen LogP contribution is -2.27. The number of hydrogen-bond donors (Lipinski definition) is 1. The van der Waals surface area contributed by atoms with Gasteiger partial charge in [0.1, 0.15) is 0 Å². The predicted octanol–water partition coefficient (Wildman–Crippen LogP) is 1.92. The van der Waals surface area contributed by atoms with Crippen LogP contribution in [0.5, 0.6) is 0 Å².